The summed E-state index contributed by atoms with van der Waals surface area (Å²) in [7, 11) is 0. The van der Waals surface area contributed by atoms with Gasteiger partial charge in [-0.15, -0.1) is 0 Å². The number of likely N-dealkylation sites (tertiary alicyclic amines) is 1. The quantitative estimate of drug-likeness (QED) is 0.747. The number of fused-ring (bicyclic) bond motifs is 1. The molecule has 1 aliphatic rings. The highest BCUT2D eigenvalue weighted by atomic mass is 16.3. The van der Waals surface area contributed by atoms with Gasteiger partial charge in [0, 0.05) is 19.3 Å². The first-order chi connectivity index (χ1) is 13.4. The molecule has 3 aromatic rings. The molecule has 146 valence electrons. The van der Waals surface area contributed by atoms with Crippen LogP contribution >= 0.6 is 0 Å². The maximum atomic E-state index is 13.0. The molecule has 1 amide bonds. The van der Waals surface area contributed by atoms with Gasteiger partial charge in [0.15, 0.2) is 0 Å². The highest BCUT2D eigenvalue weighted by molar-refractivity contribution is 5.93. The Kier molecular flexibility index (Phi) is 4.58. The summed E-state index contributed by atoms with van der Waals surface area (Å²) >= 11 is 0. The zero-order valence-electron chi connectivity index (χ0n) is 16.3. The first kappa shape index (κ1) is 18.5. The van der Waals surface area contributed by atoms with Crippen molar-refractivity contribution in [1.82, 2.24) is 29.5 Å². The molecule has 0 unspecified atom stereocenters. The summed E-state index contributed by atoms with van der Waals surface area (Å²) in [5.41, 5.74) is 1.97. The van der Waals surface area contributed by atoms with Crippen molar-refractivity contribution in [3.05, 3.63) is 53.4 Å². The molecule has 4 heterocycles. The Labute approximate surface area is 163 Å². The van der Waals surface area contributed by atoms with Crippen molar-refractivity contribution in [3.8, 4) is 0 Å². The molecular weight excluding hydrogens is 356 g/mol. The van der Waals surface area contributed by atoms with E-state index in [-0.39, 0.29) is 11.8 Å². The Hall–Kier alpha value is -2.87. The van der Waals surface area contributed by atoms with Gasteiger partial charge >= 0.3 is 0 Å². The zero-order chi connectivity index (χ0) is 19.9. The molecule has 3 aromatic heterocycles. The molecule has 0 atom stereocenters. The number of piperidine rings is 1. The van der Waals surface area contributed by atoms with Crippen molar-refractivity contribution in [2.45, 2.75) is 45.1 Å². The molecule has 0 bridgehead atoms. The molecule has 0 aliphatic carbocycles. The Balaban J connectivity index is 1.54. The summed E-state index contributed by atoms with van der Waals surface area (Å²) in [6.45, 7) is 6.94. The standard InChI is InChI=1S/C20H24N6O2/c1-13(2)16-10-15(24-19-22-12-23-26(16)19)18(27)25-8-6-20(28,7-9-25)17-5-4-14(3)11-21-17/h4-5,10-13,28H,6-9H2,1-3H3. The molecule has 0 radical (unpaired) electrons. The number of rotatable bonds is 3. The summed E-state index contributed by atoms with van der Waals surface area (Å²) in [5, 5.41) is 15.2. The van der Waals surface area contributed by atoms with E-state index in [9.17, 15) is 9.90 Å². The van der Waals surface area contributed by atoms with Gasteiger partial charge in [0.25, 0.3) is 11.7 Å². The Morgan fingerprint density at radius 3 is 2.61 bits per heavy atom. The molecule has 8 nitrogen and oxygen atoms in total. The number of pyridine rings is 1. The first-order valence-corrected chi connectivity index (χ1v) is 9.53. The number of aryl methyl sites for hydroxylation is 1. The van der Waals surface area contributed by atoms with Crippen LogP contribution < -0.4 is 0 Å². The third-order valence-electron chi connectivity index (χ3n) is 5.36. The second-order valence-electron chi connectivity index (χ2n) is 7.74. The summed E-state index contributed by atoms with van der Waals surface area (Å²) < 4.78 is 1.67. The number of amides is 1. The van der Waals surface area contributed by atoms with Crippen molar-refractivity contribution in [2.24, 2.45) is 0 Å². The van der Waals surface area contributed by atoms with Gasteiger partial charge in [0.1, 0.15) is 17.6 Å². The Morgan fingerprint density at radius 1 is 1.21 bits per heavy atom. The van der Waals surface area contributed by atoms with E-state index in [1.54, 1.807) is 21.7 Å². The fourth-order valence-corrected chi connectivity index (χ4v) is 3.60. The number of aliphatic hydroxyl groups is 1. The summed E-state index contributed by atoms with van der Waals surface area (Å²) in [6.07, 6.45) is 4.09. The topological polar surface area (TPSA) is 96.5 Å². The minimum Gasteiger partial charge on any atom is -0.383 e. The molecule has 0 spiro atoms. The second-order valence-corrected chi connectivity index (χ2v) is 7.74. The predicted molar refractivity (Wildman–Crippen MR) is 103 cm³/mol. The van der Waals surface area contributed by atoms with Gasteiger partial charge in [-0.05, 0) is 43.4 Å². The molecule has 1 fully saturated rings. The smallest absolute Gasteiger partial charge is 0.272 e. The minimum absolute atomic E-state index is 0.147. The number of carbonyl (C=O) groups is 1. The zero-order valence-corrected chi connectivity index (χ0v) is 16.3. The normalized spacial score (nSPS) is 16.7. The lowest BCUT2D eigenvalue weighted by atomic mass is 9.87. The molecule has 1 N–H and O–H groups in total. The monoisotopic (exact) mass is 380 g/mol. The number of hydrogen-bond acceptors (Lipinski definition) is 6. The van der Waals surface area contributed by atoms with E-state index >= 15 is 0 Å². The van der Waals surface area contributed by atoms with Crippen molar-refractivity contribution in [3.63, 3.8) is 0 Å². The third kappa shape index (κ3) is 3.24. The van der Waals surface area contributed by atoms with E-state index in [1.165, 1.54) is 6.33 Å². The fraction of sp³-hybridized carbons (Fsp3) is 0.450. The van der Waals surface area contributed by atoms with E-state index in [1.807, 2.05) is 32.9 Å². The van der Waals surface area contributed by atoms with Crippen molar-refractivity contribution >= 4 is 11.7 Å². The van der Waals surface area contributed by atoms with Crippen LogP contribution in [0, 0.1) is 6.92 Å². The molecule has 1 aliphatic heterocycles. The highest BCUT2D eigenvalue weighted by Gasteiger charge is 2.37. The van der Waals surface area contributed by atoms with E-state index in [4.69, 9.17) is 0 Å². The van der Waals surface area contributed by atoms with Crippen LogP contribution in [-0.4, -0.2) is 53.6 Å². The van der Waals surface area contributed by atoms with Crippen LogP contribution in [0.5, 0.6) is 0 Å². The van der Waals surface area contributed by atoms with Crippen LogP contribution in [0.2, 0.25) is 0 Å². The number of nitrogens with zero attached hydrogens (tertiary/aromatic N) is 6. The minimum atomic E-state index is -1.00. The van der Waals surface area contributed by atoms with Gasteiger partial charge in [-0.1, -0.05) is 19.9 Å². The molecule has 28 heavy (non-hydrogen) atoms. The summed E-state index contributed by atoms with van der Waals surface area (Å²) in [6, 6.07) is 5.60. The predicted octanol–water partition coefficient (Wildman–Crippen LogP) is 2.07. The van der Waals surface area contributed by atoms with Gasteiger partial charge < -0.3 is 10.0 Å². The lowest BCUT2D eigenvalue weighted by molar-refractivity contribution is -0.0245. The van der Waals surface area contributed by atoms with Crippen LogP contribution in [0.4, 0.5) is 0 Å². The molecule has 8 heteroatoms. The molecule has 0 saturated carbocycles. The molecular formula is C20H24N6O2. The maximum Gasteiger partial charge on any atom is 0.272 e. The summed E-state index contributed by atoms with van der Waals surface area (Å²) in [4.78, 5) is 27.7. The second kappa shape index (κ2) is 6.94. The highest BCUT2D eigenvalue weighted by Crippen LogP contribution is 2.32. The maximum absolute atomic E-state index is 13.0. The van der Waals surface area contributed by atoms with Crippen LogP contribution in [0.15, 0.2) is 30.7 Å². The van der Waals surface area contributed by atoms with Crippen LogP contribution in [0.3, 0.4) is 0 Å². The van der Waals surface area contributed by atoms with Gasteiger partial charge in [0.05, 0.1) is 11.4 Å². The van der Waals surface area contributed by atoms with Gasteiger partial charge in [0.2, 0.25) is 0 Å². The van der Waals surface area contributed by atoms with Gasteiger partial charge in [-0.2, -0.15) is 10.1 Å². The number of aromatic nitrogens is 5. The fourth-order valence-electron chi connectivity index (χ4n) is 3.60. The lowest BCUT2D eigenvalue weighted by Crippen LogP contribution is -2.45. The molecule has 0 aromatic carbocycles. The molecule has 4 rings (SSSR count). The average Bonchev–Trinajstić information content (AvgIpc) is 3.16. The van der Waals surface area contributed by atoms with Crippen LogP contribution in [0.25, 0.3) is 5.78 Å². The van der Waals surface area contributed by atoms with E-state index in [0.29, 0.717) is 43.1 Å². The van der Waals surface area contributed by atoms with Gasteiger partial charge in [-0.3, -0.25) is 9.78 Å². The SMILES string of the molecule is Cc1ccc(C2(O)CCN(C(=O)c3cc(C(C)C)n4ncnc4n3)CC2)nc1. The van der Waals surface area contributed by atoms with E-state index < -0.39 is 5.60 Å². The van der Waals surface area contributed by atoms with Crippen molar-refractivity contribution < 1.29 is 9.90 Å². The number of hydrogen-bond donors (Lipinski definition) is 1. The van der Waals surface area contributed by atoms with E-state index in [2.05, 4.69) is 20.1 Å². The van der Waals surface area contributed by atoms with Crippen molar-refractivity contribution in [1.29, 1.82) is 0 Å². The van der Waals surface area contributed by atoms with E-state index in [0.717, 1.165) is 11.3 Å². The lowest BCUT2D eigenvalue weighted by Gasteiger charge is -2.37. The van der Waals surface area contributed by atoms with Crippen LogP contribution in [-0.2, 0) is 5.60 Å². The number of carbonyl (C=O) groups excluding carboxylic acids is 1. The first-order valence-electron chi connectivity index (χ1n) is 9.53. The third-order valence-corrected chi connectivity index (χ3v) is 5.36. The van der Waals surface area contributed by atoms with Crippen LogP contribution in [0.1, 0.15) is 60.0 Å². The Morgan fingerprint density at radius 2 is 1.96 bits per heavy atom. The van der Waals surface area contributed by atoms with Gasteiger partial charge in [-0.25, -0.2) is 9.50 Å². The average molecular weight is 380 g/mol. The Bertz CT molecular complexity index is 1000. The molecule has 1 saturated heterocycles. The largest absolute Gasteiger partial charge is 0.383 e. The summed E-state index contributed by atoms with van der Waals surface area (Å²) in [5.74, 6) is 0.455. The van der Waals surface area contributed by atoms with Crippen molar-refractivity contribution in [2.75, 3.05) is 13.1 Å².